The van der Waals surface area contributed by atoms with Gasteiger partial charge in [-0.25, -0.2) is 0 Å². The van der Waals surface area contributed by atoms with Gasteiger partial charge >= 0.3 is 0 Å². The number of hydrogen-bond acceptors (Lipinski definition) is 5. The minimum atomic E-state index is -0.167. The first-order valence-electron chi connectivity index (χ1n) is 12.6. The van der Waals surface area contributed by atoms with E-state index >= 15 is 0 Å². The molecule has 2 aliphatic heterocycles. The Morgan fingerprint density at radius 2 is 1.78 bits per heavy atom. The number of nitrogens with zero attached hydrogens (tertiary/aromatic N) is 3. The Bertz CT molecular complexity index is 1350. The van der Waals surface area contributed by atoms with Gasteiger partial charge in [0.25, 0.3) is 11.8 Å². The largest absolute Gasteiger partial charge is 0.493 e. The number of aromatic nitrogens is 1. The van der Waals surface area contributed by atoms with Gasteiger partial charge in [-0.05, 0) is 62.4 Å². The normalized spacial score (nSPS) is 19.1. The van der Waals surface area contributed by atoms with Crippen LogP contribution in [0.1, 0.15) is 76.2 Å². The summed E-state index contributed by atoms with van der Waals surface area (Å²) < 4.78 is 11.8. The molecule has 0 spiro atoms. The summed E-state index contributed by atoms with van der Waals surface area (Å²) in [6.45, 7) is 2.93. The van der Waals surface area contributed by atoms with Crippen molar-refractivity contribution in [2.24, 2.45) is 0 Å². The lowest BCUT2D eigenvalue weighted by Crippen LogP contribution is -2.26. The number of carbonyl (C=O) groups excluding carboxylic acids is 2. The number of carbonyl (C=O) groups is 2. The fourth-order valence-electron chi connectivity index (χ4n) is 5.63. The predicted octanol–water partition coefficient (Wildman–Crippen LogP) is 5.29. The summed E-state index contributed by atoms with van der Waals surface area (Å²) in [5.41, 5.74) is 4.75. The third-order valence-electron chi connectivity index (χ3n) is 7.55. The van der Waals surface area contributed by atoms with E-state index in [9.17, 15) is 9.59 Å². The van der Waals surface area contributed by atoms with Crippen LogP contribution in [0.5, 0.6) is 11.5 Å². The summed E-state index contributed by atoms with van der Waals surface area (Å²) in [6, 6.07) is 15.0. The molecule has 0 radical (unpaired) electrons. The van der Waals surface area contributed by atoms with Gasteiger partial charge in [0, 0.05) is 41.2 Å². The van der Waals surface area contributed by atoms with E-state index in [2.05, 4.69) is 4.98 Å². The van der Waals surface area contributed by atoms with Crippen molar-refractivity contribution in [3.8, 4) is 11.5 Å². The Labute approximate surface area is 210 Å². The molecule has 0 N–H and O–H groups in total. The molecule has 2 amide bonds. The summed E-state index contributed by atoms with van der Waals surface area (Å²) in [5.74, 6) is 1.27. The monoisotopic (exact) mass is 483 g/mol. The molecule has 3 aliphatic rings. The van der Waals surface area contributed by atoms with E-state index in [0.717, 1.165) is 35.2 Å². The van der Waals surface area contributed by atoms with E-state index in [0.29, 0.717) is 35.8 Å². The Morgan fingerprint density at radius 3 is 2.56 bits per heavy atom. The van der Waals surface area contributed by atoms with Crippen LogP contribution in [0.25, 0.3) is 0 Å². The summed E-state index contributed by atoms with van der Waals surface area (Å²) in [4.78, 5) is 34.6. The van der Waals surface area contributed by atoms with Crippen LogP contribution in [-0.4, -0.2) is 34.9 Å². The van der Waals surface area contributed by atoms with Crippen LogP contribution in [0.2, 0.25) is 0 Å². The lowest BCUT2D eigenvalue weighted by Gasteiger charge is -2.24. The number of fused-ring (bicyclic) bond motifs is 2. The highest BCUT2D eigenvalue weighted by Gasteiger charge is 2.37. The first-order chi connectivity index (χ1) is 17.5. The second-order valence-corrected chi connectivity index (χ2v) is 9.79. The maximum Gasteiger partial charge on any atom is 0.259 e. The van der Waals surface area contributed by atoms with Crippen LogP contribution in [0.4, 0.5) is 5.69 Å². The zero-order valence-electron chi connectivity index (χ0n) is 20.6. The van der Waals surface area contributed by atoms with Gasteiger partial charge in [-0.15, -0.1) is 0 Å². The molecule has 6 rings (SSSR count). The first-order valence-corrected chi connectivity index (χ1v) is 12.6. The molecule has 2 aromatic carbocycles. The maximum absolute atomic E-state index is 13.6. The molecule has 7 heteroatoms. The van der Waals surface area contributed by atoms with Gasteiger partial charge in [0.05, 0.1) is 31.5 Å². The molecule has 1 aliphatic carbocycles. The van der Waals surface area contributed by atoms with E-state index in [1.54, 1.807) is 23.1 Å². The number of hydrogen-bond donors (Lipinski definition) is 0. The Hall–Kier alpha value is -3.87. The fourth-order valence-corrected chi connectivity index (χ4v) is 5.63. The second-order valence-electron chi connectivity index (χ2n) is 9.79. The Kier molecular flexibility index (Phi) is 5.63. The molecule has 1 aromatic heterocycles. The molecule has 184 valence electrons. The average molecular weight is 484 g/mol. The Morgan fingerprint density at radius 1 is 0.972 bits per heavy atom. The van der Waals surface area contributed by atoms with E-state index in [1.165, 1.54) is 12.8 Å². The molecule has 7 nitrogen and oxygen atoms in total. The lowest BCUT2D eigenvalue weighted by molar-refractivity contribution is 0.0764. The Balaban J connectivity index is 1.25. The minimum absolute atomic E-state index is 0.00208. The van der Waals surface area contributed by atoms with Crippen molar-refractivity contribution in [3.63, 3.8) is 0 Å². The molecule has 1 fully saturated rings. The topological polar surface area (TPSA) is 72.0 Å². The van der Waals surface area contributed by atoms with Crippen molar-refractivity contribution in [1.29, 1.82) is 0 Å². The lowest BCUT2D eigenvalue weighted by atomic mass is 10.1. The third-order valence-corrected chi connectivity index (χ3v) is 7.55. The summed E-state index contributed by atoms with van der Waals surface area (Å²) >= 11 is 0. The predicted molar refractivity (Wildman–Crippen MR) is 135 cm³/mol. The van der Waals surface area contributed by atoms with Crippen LogP contribution in [-0.2, 0) is 13.1 Å². The van der Waals surface area contributed by atoms with Crippen LogP contribution in [0.15, 0.2) is 54.7 Å². The van der Waals surface area contributed by atoms with Gasteiger partial charge in [0.1, 0.15) is 0 Å². The quantitative estimate of drug-likeness (QED) is 0.477. The summed E-state index contributed by atoms with van der Waals surface area (Å²) in [6.07, 6.45) is 6.39. The van der Waals surface area contributed by atoms with Crippen molar-refractivity contribution in [2.45, 2.75) is 57.8 Å². The van der Waals surface area contributed by atoms with Gasteiger partial charge in [-0.1, -0.05) is 18.2 Å². The maximum atomic E-state index is 13.6. The first kappa shape index (κ1) is 22.6. The van der Waals surface area contributed by atoms with Gasteiger partial charge < -0.3 is 19.3 Å². The molecular formula is C29H29N3O4. The molecule has 0 saturated heterocycles. The number of pyridine rings is 1. The smallest absolute Gasteiger partial charge is 0.259 e. The van der Waals surface area contributed by atoms with E-state index in [-0.39, 0.29) is 24.0 Å². The van der Waals surface area contributed by atoms with Gasteiger partial charge in [-0.2, -0.15) is 0 Å². The van der Waals surface area contributed by atoms with Crippen molar-refractivity contribution in [1.82, 2.24) is 9.88 Å². The second kappa shape index (κ2) is 8.97. The summed E-state index contributed by atoms with van der Waals surface area (Å²) in [5, 5.41) is 0. The van der Waals surface area contributed by atoms with Crippen molar-refractivity contribution in [2.75, 3.05) is 12.0 Å². The zero-order valence-corrected chi connectivity index (χ0v) is 20.6. The number of benzene rings is 2. The van der Waals surface area contributed by atoms with Crippen LogP contribution < -0.4 is 14.4 Å². The molecular weight excluding hydrogens is 454 g/mol. The van der Waals surface area contributed by atoms with Gasteiger partial charge in [0.15, 0.2) is 11.5 Å². The SMILES string of the molecule is COc1ccc(N2C(=O)c3cc(CN4Cc5ccccc5C4=O)ncc3C2C)cc1OC1CCCC1. The highest BCUT2D eigenvalue weighted by Crippen LogP contribution is 2.41. The molecule has 3 heterocycles. The standard InChI is InChI=1S/C29H29N3O4/c1-18-25-15-30-20(17-31-16-19-7-3-6-10-23(19)28(31)33)13-24(25)29(34)32(18)21-11-12-26(35-2)27(14-21)36-22-8-4-5-9-22/h3,6-7,10-15,18,22H,4-5,8-9,16-17H2,1-2H3. The van der Waals surface area contributed by atoms with Crippen LogP contribution in [0, 0.1) is 0 Å². The molecule has 3 aromatic rings. The number of anilines is 1. The minimum Gasteiger partial charge on any atom is -0.493 e. The summed E-state index contributed by atoms with van der Waals surface area (Å²) in [7, 11) is 1.63. The third kappa shape index (κ3) is 3.79. The van der Waals surface area contributed by atoms with Crippen molar-refractivity contribution < 1.29 is 19.1 Å². The molecule has 1 saturated carbocycles. The fraction of sp³-hybridized carbons (Fsp3) is 0.345. The highest BCUT2D eigenvalue weighted by molar-refractivity contribution is 6.11. The van der Waals surface area contributed by atoms with E-state index in [1.807, 2.05) is 55.5 Å². The molecule has 1 atom stereocenters. The molecule has 0 bridgehead atoms. The number of rotatable bonds is 6. The van der Waals surface area contributed by atoms with E-state index in [4.69, 9.17) is 9.47 Å². The highest BCUT2D eigenvalue weighted by atomic mass is 16.5. The number of methoxy groups -OCH3 is 1. The van der Waals surface area contributed by atoms with Crippen LogP contribution in [0.3, 0.4) is 0 Å². The van der Waals surface area contributed by atoms with Crippen molar-refractivity contribution in [3.05, 3.63) is 82.7 Å². The van der Waals surface area contributed by atoms with Gasteiger partial charge in [-0.3, -0.25) is 14.6 Å². The zero-order chi connectivity index (χ0) is 24.8. The molecule has 1 unspecified atom stereocenters. The number of amides is 2. The number of ether oxygens (including phenoxy) is 2. The van der Waals surface area contributed by atoms with Gasteiger partial charge in [0.2, 0.25) is 0 Å². The van der Waals surface area contributed by atoms with Crippen molar-refractivity contribution >= 4 is 17.5 Å². The van der Waals surface area contributed by atoms with E-state index < -0.39 is 0 Å². The van der Waals surface area contributed by atoms with Crippen LogP contribution >= 0.6 is 0 Å². The molecule has 36 heavy (non-hydrogen) atoms. The average Bonchev–Trinajstić information content (AvgIpc) is 3.58.